The molecule has 0 spiro atoms. The molecule has 0 aromatic carbocycles. The number of carbonyl (C=O) groups excluding carboxylic acids is 1. The molecule has 2 aromatic rings. The van der Waals surface area contributed by atoms with Crippen LogP contribution in [0.1, 0.15) is 46.2 Å². The molecule has 112 valence electrons. The van der Waals surface area contributed by atoms with Crippen molar-refractivity contribution in [2.45, 2.75) is 25.8 Å². The normalized spacial score (nSPS) is 17.5. The van der Waals surface area contributed by atoms with Crippen molar-refractivity contribution in [3.8, 4) is 6.07 Å². The molecule has 22 heavy (non-hydrogen) atoms. The summed E-state index contributed by atoms with van der Waals surface area (Å²) in [5.74, 6) is -0.0843. The molecular weight excluding hydrogens is 278 g/mol. The summed E-state index contributed by atoms with van der Waals surface area (Å²) in [4.78, 5) is 18.9. The molecule has 6 heteroatoms. The Kier molecular flexibility index (Phi) is 3.63. The van der Waals surface area contributed by atoms with Crippen LogP contribution in [0.2, 0.25) is 0 Å². The smallest absolute Gasteiger partial charge is 0.272 e. The monoisotopic (exact) mass is 295 g/mol. The molecule has 1 saturated heterocycles. The molecule has 0 bridgehead atoms. The molecule has 6 nitrogen and oxygen atoms in total. The molecule has 0 radical (unpaired) electrons. The highest BCUT2D eigenvalue weighted by molar-refractivity contribution is 5.93. The van der Waals surface area contributed by atoms with Crippen molar-refractivity contribution < 1.29 is 4.79 Å². The highest BCUT2D eigenvalue weighted by atomic mass is 16.2. The number of nitrogens with zero attached hydrogens (tertiary/aromatic N) is 5. The number of hydrogen-bond acceptors (Lipinski definition) is 4. The van der Waals surface area contributed by atoms with Crippen molar-refractivity contribution in [3.63, 3.8) is 0 Å². The van der Waals surface area contributed by atoms with Gasteiger partial charge >= 0.3 is 0 Å². The first-order valence-corrected chi connectivity index (χ1v) is 7.27. The third kappa shape index (κ3) is 2.46. The zero-order chi connectivity index (χ0) is 15.7. The van der Waals surface area contributed by atoms with Gasteiger partial charge in [0.05, 0.1) is 23.5 Å². The number of rotatable bonds is 2. The lowest BCUT2D eigenvalue weighted by atomic mass is 10.1. The molecule has 3 heterocycles. The SMILES string of the molecule is Cc1nc(C(=O)N2CCCC2c2cnn(C)c2)ccc1C#N. The van der Waals surface area contributed by atoms with Crippen LogP contribution in [0.3, 0.4) is 0 Å². The average Bonchev–Trinajstić information content (AvgIpc) is 3.14. The summed E-state index contributed by atoms with van der Waals surface area (Å²) in [5.41, 5.74) is 2.54. The van der Waals surface area contributed by atoms with E-state index in [2.05, 4.69) is 16.2 Å². The quantitative estimate of drug-likeness (QED) is 0.849. The summed E-state index contributed by atoms with van der Waals surface area (Å²) in [5, 5.41) is 13.1. The predicted molar refractivity (Wildman–Crippen MR) is 79.9 cm³/mol. The lowest BCUT2D eigenvalue weighted by molar-refractivity contribution is 0.0729. The van der Waals surface area contributed by atoms with Gasteiger partial charge in [0.15, 0.2) is 0 Å². The summed E-state index contributed by atoms with van der Waals surface area (Å²) < 4.78 is 1.75. The number of likely N-dealkylation sites (tertiary alicyclic amines) is 1. The number of pyridine rings is 1. The standard InChI is InChI=1S/C16H17N5O/c1-11-12(8-17)5-6-14(19-11)16(22)21-7-3-4-15(21)13-9-18-20(2)10-13/h5-6,9-10,15H,3-4,7H2,1-2H3. The Morgan fingerprint density at radius 2 is 2.27 bits per heavy atom. The number of nitriles is 1. The number of amides is 1. The van der Waals surface area contributed by atoms with Crippen molar-refractivity contribution in [3.05, 3.63) is 47.0 Å². The Hall–Kier alpha value is -2.68. The van der Waals surface area contributed by atoms with Crippen LogP contribution in [0, 0.1) is 18.3 Å². The molecule has 3 rings (SSSR count). The first-order valence-electron chi connectivity index (χ1n) is 7.27. The zero-order valence-electron chi connectivity index (χ0n) is 12.7. The van der Waals surface area contributed by atoms with Gasteiger partial charge in [-0.1, -0.05) is 0 Å². The highest BCUT2D eigenvalue weighted by Crippen LogP contribution is 2.32. The second-order valence-electron chi connectivity index (χ2n) is 5.55. The fraction of sp³-hybridized carbons (Fsp3) is 0.375. The Morgan fingerprint density at radius 1 is 1.45 bits per heavy atom. The number of hydrogen-bond donors (Lipinski definition) is 0. The summed E-state index contributed by atoms with van der Waals surface area (Å²) >= 11 is 0. The van der Waals surface area contributed by atoms with Crippen LogP contribution in [-0.4, -0.2) is 32.1 Å². The second kappa shape index (κ2) is 5.60. The van der Waals surface area contributed by atoms with Gasteiger partial charge < -0.3 is 4.90 Å². The molecule has 2 aromatic heterocycles. The Labute approximate surface area is 129 Å². The van der Waals surface area contributed by atoms with E-state index in [1.54, 1.807) is 23.7 Å². The molecule has 1 unspecified atom stereocenters. The first-order chi connectivity index (χ1) is 10.6. The molecule has 0 aliphatic carbocycles. The maximum absolute atomic E-state index is 12.7. The Bertz CT molecular complexity index is 758. The molecule has 1 atom stereocenters. The van der Waals surface area contributed by atoms with Gasteiger partial charge in [0.2, 0.25) is 0 Å². The fourth-order valence-electron chi connectivity index (χ4n) is 2.91. The second-order valence-corrected chi connectivity index (χ2v) is 5.55. The Balaban J connectivity index is 1.88. The Morgan fingerprint density at radius 3 is 2.91 bits per heavy atom. The number of aryl methyl sites for hydroxylation is 2. The lowest BCUT2D eigenvalue weighted by Crippen LogP contribution is -2.31. The van der Waals surface area contributed by atoms with Gasteiger partial charge in [0, 0.05) is 25.4 Å². The largest absolute Gasteiger partial charge is 0.330 e. The van der Waals surface area contributed by atoms with Crippen LogP contribution >= 0.6 is 0 Å². The topological polar surface area (TPSA) is 74.8 Å². The van der Waals surface area contributed by atoms with E-state index in [-0.39, 0.29) is 11.9 Å². The summed E-state index contributed by atoms with van der Waals surface area (Å²) in [6.07, 6.45) is 5.68. The third-order valence-electron chi connectivity index (χ3n) is 4.05. The van der Waals surface area contributed by atoms with E-state index >= 15 is 0 Å². The summed E-state index contributed by atoms with van der Waals surface area (Å²) in [7, 11) is 1.87. The average molecular weight is 295 g/mol. The molecule has 1 aliphatic rings. The van der Waals surface area contributed by atoms with Crippen LogP contribution in [0.4, 0.5) is 0 Å². The van der Waals surface area contributed by atoms with Crippen LogP contribution in [0.15, 0.2) is 24.5 Å². The van der Waals surface area contributed by atoms with E-state index in [9.17, 15) is 4.79 Å². The van der Waals surface area contributed by atoms with Crippen LogP contribution < -0.4 is 0 Å². The van der Waals surface area contributed by atoms with Crippen molar-refractivity contribution in [2.75, 3.05) is 6.54 Å². The minimum Gasteiger partial charge on any atom is -0.330 e. The molecule has 0 N–H and O–H groups in total. The van der Waals surface area contributed by atoms with Gasteiger partial charge in [-0.05, 0) is 31.9 Å². The van der Waals surface area contributed by atoms with Gasteiger partial charge in [0.1, 0.15) is 11.8 Å². The van der Waals surface area contributed by atoms with Gasteiger partial charge in [-0.2, -0.15) is 10.4 Å². The molecule has 0 saturated carbocycles. The van der Waals surface area contributed by atoms with E-state index in [0.717, 1.165) is 24.9 Å². The van der Waals surface area contributed by atoms with Gasteiger partial charge in [-0.3, -0.25) is 9.48 Å². The lowest BCUT2D eigenvalue weighted by Gasteiger charge is -2.23. The van der Waals surface area contributed by atoms with Crippen molar-refractivity contribution >= 4 is 5.91 Å². The van der Waals surface area contributed by atoms with E-state index in [4.69, 9.17) is 5.26 Å². The third-order valence-corrected chi connectivity index (χ3v) is 4.05. The molecule has 1 aliphatic heterocycles. The van der Waals surface area contributed by atoms with E-state index in [1.807, 2.05) is 24.3 Å². The van der Waals surface area contributed by atoms with Crippen LogP contribution in [-0.2, 0) is 7.05 Å². The fourth-order valence-corrected chi connectivity index (χ4v) is 2.91. The zero-order valence-corrected chi connectivity index (χ0v) is 12.7. The van der Waals surface area contributed by atoms with Gasteiger partial charge in [-0.25, -0.2) is 4.98 Å². The van der Waals surface area contributed by atoms with Crippen molar-refractivity contribution in [1.82, 2.24) is 19.7 Å². The minimum atomic E-state index is -0.0843. The molecular formula is C16H17N5O. The van der Waals surface area contributed by atoms with E-state index in [0.29, 0.717) is 17.0 Å². The number of carbonyl (C=O) groups is 1. The highest BCUT2D eigenvalue weighted by Gasteiger charge is 2.32. The van der Waals surface area contributed by atoms with Crippen LogP contribution in [0.25, 0.3) is 0 Å². The molecule has 1 amide bonds. The first kappa shape index (κ1) is 14.3. The number of aromatic nitrogens is 3. The minimum absolute atomic E-state index is 0.0546. The summed E-state index contributed by atoms with van der Waals surface area (Å²) in [6, 6.07) is 5.41. The van der Waals surface area contributed by atoms with Crippen molar-refractivity contribution in [1.29, 1.82) is 5.26 Å². The van der Waals surface area contributed by atoms with Crippen LogP contribution in [0.5, 0.6) is 0 Å². The summed E-state index contributed by atoms with van der Waals surface area (Å²) in [6.45, 7) is 2.47. The molecule has 1 fully saturated rings. The van der Waals surface area contributed by atoms with Gasteiger partial charge in [0.25, 0.3) is 5.91 Å². The maximum Gasteiger partial charge on any atom is 0.272 e. The predicted octanol–water partition coefficient (Wildman–Crippen LogP) is 1.97. The van der Waals surface area contributed by atoms with Gasteiger partial charge in [-0.15, -0.1) is 0 Å². The van der Waals surface area contributed by atoms with E-state index < -0.39 is 0 Å². The maximum atomic E-state index is 12.7. The van der Waals surface area contributed by atoms with E-state index in [1.165, 1.54) is 0 Å². The van der Waals surface area contributed by atoms with Crippen molar-refractivity contribution in [2.24, 2.45) is 7.05 Å².